The van der Waals surface area contributed by atoms with Crippen molar-refractivity contribution in [1.82, 2.24) is 35.7 Å². The Hall–Kier alpha value is -2.83. The van der Waals surface area contributed by atoms with E-state index in [9.17, 15) is 14.4 Å². The highest BCUT2D eigenvalue weighted by atomic mass is 16.5. The number of nitrogens with zero attached hydrogens (tertiary/aromatic N) is 5. The molecule has 6 rings (SSSR count). The highest BCUT2D eigenvalue weighted by Crippen LogP contribution is 2.32. The number of aromatic nitrogens is 2. The molecule has 12 nitrogen and oxygen atoms in total. The van der Waals surface area contributed by atoms with Crippen LogP contribution in [-0.4, -0.2) is 109 Å². The Morgan fingerprint density at radius 2 is 1.75 bits per heavy atom. The summed E-state index contributed by atoms with van der Waals surface area (Å²) in [5.74, 6) is 0.942. The Kier molecular flexibility index (Phi) is 8.17. The fourth-order valence-electron chi connectivity index (χ4n) is 6.95. The third kappa shape index (κ3) is 5.40. The first kappa shape index (κ1) is 27.3. The average Bonchev–Trinajstić information content (AvgIpc) is 3.78. The number of anilines is 1. The Labute approximate surface area is 235 Å². The molecule has 12 heteroatoms. The second-order valence-electron chi connectivity index (χ2n) is 11.6. The van der Waals surface area contributed by atoms with Crippen molar-refractivity contribution >= 4 is 23.5 Å². The van der Waals surface area contributed by atoms with Gasteiger partial charge in [0.15, 0.2) is 11.9 Å². The molecule has 5 unspecified atom stereocenters. The lowest BCUT2D eigenvalue weighted by Crippen LogP contribution is -2.61. The molecule has 0 saturated carbocycles. The van der Waals surface area contributed by atoms with Gasteiger partial charge in [-0.05, 0) is 58.5 Å². The van der Waals surface area contributed by atoms with Crippen LogP contribution in [0.2, 0.25) is 0 Å². The molecule has 0 aliphatic carbocycles. The van der Waals surface area contributed by atoms with Gasteiger partial charge in [-0.3, -0.25) is 9.59 Å². The first-order valence-electron chi connectivity index (χ1n) is 15.1. The Bertz CT molecular complexity index is 1060. The minimum Gasteiger partial charge on any atom is -0.361 e. The van der Waals surface area contributed by atoms with Crippen LogP contribution in [0.25, 0.3) is 0 Å². The lowest BCUT2D eigenvalue weighted by molar-refractivity contribution is -0.161. The number of hydrogen-bond donors (Lipinski definition) is 3. The number of hydrogen-bond acceptors (Lipinski definition) is 9. The molecule has 5 saturated heterocycles. The van der Waals surface area contributed by atoms with E-state index in [1.54, 1.807) is 11.8 Å². The Morgan fingerprint density at radius 1 is 1.00 bits per heavy atom. The van der Waals surface area contributed by atoms with E-state index >= 15 is 0 Å². The van der Waals surface area contributed by atoms with Crippen molar-refractivity contribution in [3.05, 3.63) is 17.6 Å². The van der Waals surface area contributed by atoms with Gasteiger partial charge in [0.2, 0.25) is 0 Å². The van der Waals surface area contributed by atoms with E-state index in [2.05, 4.69) is 26.9 Å². The molecule has 1 aromatic rings. The molecule has 0 spiro atoms. The molecule has 3 N–H and O–H groups in total. The van der Waals surface area contributed by atoms with Gasteiger partial charge in [-0.25, -0.2) is 14.8 Å². The fourth-order valence-corrected chi connectivity index (χ4v) is 6.95. The summed E-state index contributed by atoms with van der Waals surface area (Å²) in [5.41, 5.74) is 1.06. The number of Topliss-reactive ketones (excluding diaryl/α,β-unsaturated/α-hetero) is 1. The summed E-state index contributed by atoms with van der Waals surface area (Å²) in [6, 6.07) is 2.26. The zero-order valence-corrected chi connectivity index (χ0v) is 23.4. The van der Waals surface area contributed by atoms with E-state index in [1.807, 2.05) is 4.90 Å². The van der Waals surface area contributed by atoms with Crippen molar-refractivity contribution in [2.24, 2.45) is 5.92 Å². The van der Waals surface area contributed by atoms with E-state index in [-0.39, 0.29) is 42.4 Å². The van der Waals surface area contributed by atoms with Gasteiger partial charge in [0, 0.05) is 64.0 Å². The van der Waals surface area contributed by atoms with Gasteiger partial charge in [-0.2, -0.15) is 0 Å². The summed E-state index contributed by atoms with van der Waals surface area (Å²) in [6.45, 7) is 7.46. The van der Waals surface area contributed by atoms with Gasteiger partial charge >= 0.3 is 6.03 Å². The van der Waals surface area contributed by atoms with Gasteiger partial charge in [0.05, 0.1) is 17.7 Å². The third-order valence-electron chi connectivity index (χ3n) is 9.13. The molecule has 5 fully saturated rings. The molecule has 5 atom stereocenters. The van der Waals surface area contributed by atoms with Gasteiger partial charge in [0.25, 0.3) is 5.91 Å². The van der Waals surface area contributed by atoms with Crippen LogP contribution in [0.5, 0.6) is 0 Å². The minimum atomic E-state index is -1.05. The monoisotopic (exact) mass is 554 g/mol. The van der Waals surface area contributed by atoms with Gasteiger partial charge < -0.3 is 35.4 Å². The highest BCUT2D eigenvalue weighted by Gasteiger charge is 2.50. The molecule has 3 amide bonds. The maximum absolute atomic E-state index is 13.1. The molecule has 5 aliphatic heterocycles. The summed E-state index contributed by atoms with van der Waals surface area (Å²) in [7, 11) is 0. The summed E-state index contributed by atoms with van der Waals surface area (Å²) < 4.78 is 5.52. The second-order valence-corrected chi connectivity index (χ2v) is 11.6. The van der Waals surface area contributed by atoms with Crippen LogP contribution in [0.4, 0.5) is 10.6 Å². The lowest BCUT2D eigenvalue weighted by Gasteiger charge is -2.40. The molecule has 5 aliphatic rings. The average molecular weight is 555 g/mol. The molecule has 1 aromatic heterocycles. The fraction of sp³-hybridized carbons (Fsp3) is 0.750. The number of carbonyl (C=O) groups is 3. The van der Waals surface area contributed by atoms with Crippen LogP contribution in [-0.2, 0) is 14.3 Å². The van der Waals surface area contributed by atoms with Gasteiger partial charge in [0.1, 0.15) is 11.6 Å². The van der Waals surface area contributed by atoms with E-state index < -0.39 is 12.0 Å². The topological polar surface area (TPSA) is 132 Å². The molecular formula is C28H42N8O4. The van der Waals surface area contributed by atoms with Crippen LogP contribution in [0.15, 0.2) is 6.07 Å². The van der Waals surface area contributed by atoms with Crippen molar-refractivity contribution in [2.45, 2.75) is 69.7 Å². The molecular weight excluding hydrogens is 512 g/mol. The van der Waals surface area contributed by atoms with E-state index in [0.29, 0.717) is 39.3 Å². The molecule has 0 radical (unpaired) electrons. The minimum absolute atomic E-state index is 0.154. The van der Waals surface area contributed by atoms with Crippen LogP contribution < -0.4 is 20.9 Å². The molecule has 0 bridgehead atoms. The maximum Gasteiger partial charge on any atom is 0.317 e. The number of ketones is 1. The SMILES string of the molecule is CCOC1C(=O)C(CNC(=O)N2CCN(c3cc(C4CCCN4)nc(C4CCCN4)n3)CC2)C2CCCN2C1=O. The molecule has 218 valence electrons. The van der Waals surface area contributed by atoms with Crippen molar-refractivity contribution in [3.8, 4) is 0 Å². The van der Waals surface area contributed by atoms with Crippen LogP contribution >= 0.6 is 0 Å². The predicted octanol–water partition coefficient (Wildman–Crippen LogP) is 0.752. The van der Waals surface area contributed by atoms with Gasteiger partial charge in [-0.15, -0.1) is 0 Å². The number of urea groups is 1. The number of piperazine rings is 1. The van der Waals surface area contributed by atoms with E-state index in [4.69, 9.17) is 14.7 Å². The number of carbonyl (C=O) groups excluding carboxylic acids is 3. The first-order valence-corrected chi connectivity index (χ1v) is 15.1. The zero-order chi connectivity index (χ0) is 27.6. The number of nitrogens with one attached hydrogen (secondary N) is 3. The maximum atomic E-state index is 13.1. The first-order chi connectivity index (χ1) is 19.5. The third-order valence-corrected chi connectivity index (χ3v) is 9.13. The number of amides is 3. The quantitative estimate of drug-likeness (QED) is 0.418. The van der Waals surface area contributed by atoms with E-state index in [1.165, 1.54) is 0 Å². The van der Waals surface area contributed by atoms with Crippen molar-refractivity contribution < 1.29 is 19.1 Å². The van der Waals surface area contributed by atoms with Crippen molar-refractivity contribution in [1.29, 1.82) is 0 Å². The zero-order valence-electron chi connectivity index (χ0n) is 23.4. The van der Waals surface area contributed by atoms with Crippen molar-refractivity contribution in [2.75, 3.05) is 63.9 Å². The highest BCUT2D eigenvalue weighted by molar-refractivity contribution is 6.08. The number of ether oxygens (including phenoxy) is 1. The molecule has 6 heterocycles. The summed E-state index contributed by atoms with van der Waals surface area (Å²) in [5, 5.41) is 10.1. The Balaban J connectivity index is 1.08. The van der Waals surface area contributed by atoms with E-state index in [0.717, 1.165) is 69.0 Å². The van der Waals surface area contributed by atoms with Crippen LogP contribution in [0.3, 0.4) is 0 Å². The summed E-state index contributed by atoms with van der Waals surface area (Å²) in [6.07, 6.45) is 5.03. The van der Waals surface area contributed by atoms with Gasteiger partial charge in [-0.1, -0.05) is 0 Å². The number of fused-ring (bicyclic) bond motifs is 1. The smallest absolute Gasteiger partial charge is 0.317 e. The van der Waals surface area contributed by atoms with Crippen LogP contribution in [0.1, 0.15) is 69.1 Å². The number of rotatable bonds is 7. The lowest BCUT2D eigenvalue weighted by atomic mass is 9.86. The second kappa shape index (κ2) is 12.0. The molecule has 40 heavy (non-hydrogen) atoms. The Morgan fingerprint density at radius 3 is 2.45 bits per heavy atom. The normalized spacial score (nSPS) is 30.7. The van der Waals surface area contributed by atoms with Crippen molar-refractivity contribution in [3.63, 3.8) is 0 Å². The summed E-state index contributed by atoms with van der Waals surface area (Å²) >= 11 is 0. The largest absolute Gasteiger partial charge is 0.361 e. The predicted molar refractivity (Wildman–Crippen MR) is 148 cm³/mol. The number of piperidine rings is 1. The van der Waals surface area contributed by atoms with Crippen LogP contribution in [0, 0.1) is 5.92 Å². The standard InChI is InChI=1S/C28H42N8O4/c1-2-40-25-24(37)18(22-8-5-11-36(22)27(25)38)17-31-28(39)35-14-12-34(13-15-35)23-16-21(19-6-3-9-29-19)32-26(33-23)20-7-4-10-30-20/h16,18-20,22,25,29-30H,2-15,17H2,1H3,(H,31,39). The summed E-state index contributed by atoms with van der Waals surface area (Å²) in [4.78, 5) is 54.8. The molecule has 0 aromatic carbocycles.